The van der Waals surface area contributed by atoms with Crippen LogP contribution in [0.2, 0.25) is 0 Å². The molecule has 2 aromatic carbocycles. The van der Waals surface area contributed by atoms with Gasteiger partial charge in [-0.05, 0) is 53.2 Å². The van der Waals surface area contributed by atoms with Gasteiger partial charge in [0.15, 0.2) is 0 Å². The summed E-state index contributed by atoms with van der Waals surface area (Å²) in [7, 11) is -8.34. The normalized spacial score (nSPS) is 11.8. The Bertz CT molecular complexity index is 1340. The molecule has 0 spiro atoms. The standard InChI is InChI=1S/C18H13BrFN3O4S2/c1-12-2-5-14(6-3-12)29(26,27)23-10-15(19)18(11-23)28(24,25)22-17-7-4-13(9-21)8-16(17)20/h2-8,10-11,22H,1H3. The SMILES string of the molecule is Cc1ccc(S(=O)(=O)n2cc(Br)c(S(=O)(=O)Nc3ccc(C#N)cc3F)c2)cc1. The van der Waals surface area contributed by atoms with Crippen LogP contribution in [-0.4, -0.2) is 20.8 Å². The predicted molar refractivity (Wildman–Crippen MR) is 108 cm³/mol. The zero-order chi connectivity index (χ0) is 21.4. The summed E-state index contributed by atoms with van der Waals surface area (Å²) in [6.07, 6.45) is 2.02. The van der Waals surface area contributed by atoms with Crippen molar-refractivity contribution >= 4 is 41.7 Å². The Morgan fingerprint density at radius 1 is 1.07 bits per heavy atom. The van der Waals surface area contributed by atoms with Gasteiger partial charge in [-0.15, -0.1) is 0 Å². The number of benzene rings is 2. The number of nitriles is 1. The van der Waals surface area contributed by atoms with Gasteiger partial charge in [0.2, 0.25) is 0 Å². The fourth-order valence-electron chi connectivity index (χ4n) is 2.43. The Labute approximate surface area is 175 Å². The quantitative estimate of drug-likeness (QED) is 0.578. The van der Waals surface area contributed by atoms with Gasteiger partial charge in [0.25, 0.3) is 20.0 Å². The molecule has 29 heavy (non-hydrogen) atoms. The average Bonchev–Trinajstić information content (AvgIpc) is 3.07. The summed E-state index contributed by atoms with van der Waals surface area (Å²) in [5.74, 6) is -0.935. The van der Waals surface area contributed by atoms with Crippen molar-refractivity contribution in [3.05, 3.63) is 76.3 Å². The van der Waals surface area contributed by atoms with E-state index in [4.69, 9.17) is 5.26 Å². The molecule has 1 heterocycles. The molecule has 0 atom stereocenters. The first kappa shape index (κ1) is 21.0. The summed E-state index contributed by atoms with van der Waals surface area (Å²) >= 11 is 3.04. The summed E-state index contributed by atoms with van der Waals surface area (Å²) in [6, 6.07) is 11.1. The number of aryl methyl sites for hydroxylation is 1. The second-order valence-corrected chi connectivity index (χ2v) is 10.4. The van der Waals surface area contributed by atoms with E-state index in [0.717, 1.165) is 34.1 Å². The summed E-state index contributed by atoms with van der Waals surface area (Å²) in [5.41, 5.74) is 0.529. The van der Waals surface area contributed by atoms with E-state index in [2.05, 4.69) is 20.7 Å². The number of rotatable bonds is 5. The van der Waals surface area contributed by atoms with Gasteiger partial charge in [0.05, 0.1) is 26.7 Å². The van der Waals surface area contributed by atoms with Gasteiger partial charge < -0.3 is 0 Å². The van der Waals surface area contributed by atoms with E-state index in [1.54, 1.807) is 25.1 Å². The maximum absolute atomic E-state index is 14.0. The van der Waals surface area contributed by atoms with Crippen molar-refractivity contribution in [2.45, 2.75) is 16.7 Å². The Kier molecular flexibility index (Phi) is 5.53. The highest BCUT2D eigenvalue weighted by molar-refractivity contribution is 9.10. The van der Waals surface area contributed by atoms with Gasteiger partial charge in [-0.25, -0.2) is 25.2 Å². The molecule has 0 radical (unpaired) electrons. The first-order valence-electron chi connectivity index (χ1n) is 7.97. The van der Waals surface area contributed by atoms with Crippen molar-refractivity contribution in [2.24, 2.45) is 0 Å². The molecule has 0 amide bonds. The molecular formula is C18H13BrFN3O4S2. The molecule has 0 aliphatic carbocycles. The first-order valence-corrected chi connectivity index (χ1v) is 11.7. The minimum absolute atomic E-state index is 0.0133. The highest BCUT2D eigenvalue weighted by Gasteiger charge is 2.26. The molecular weight excluding hydrogens is 485 g/mol. The predicted octanol–water partition coefficient (Wildman–Crippen LogP) is 3.61. The maximum atomic E-state index is 14.0. The number of nitrogens with zero attached hydrogens (tertiary/aromatic N) is 2. The Balaban J connectivity index is 1.99. The van der Waals surface area contributed by atoms with Gasteiger partial charge in [-0.2, -0.15) is 5.26 Å². The van der Waals surface area contributed by atoms with Crippen LogP contribution in [0, 0.1) is 24.1 Å². The van der Waals surface area contributed by atoms with E-state index in [1.807, 2.05) is 0 Å². The zero-order valence-electron chi connectivity index (χ0n) is 14.8. The third-order valence-corrected chi connectivity index (χ3v) is 7.87. The molecule has 0 fully saturated rings. The fourth-order valence-corrected chi connectivity index (χ4v) is 5.93. The Morgan fingerprint density at radius 2 is 1.72 bits per heavy atom. The minimum Gasteiger partial charge on any atom is -0.277 e. The summed E-state index contributed by atoms with van der Waals surface area (Å²) < 4.78 is 67.7. The van der Waals surface area contributed by atoms with Crippen LogP contribution < -0.4 is 4.72 Å². The average molecular weight is 498 g/mol. The maximum Gasteiger partial charge on any atom is 0.267 e. The first-order chi connectivity index (χ1) is 13.5. The summed E-state index contributed by atoms with van der Waals surface area (Å²) in [5, 5.41) is 8.77. The summed E-state index contributed by atoms with van der Waals surface area (Å²) in [4.78, 5) is -0.405. The van der Waals surface area contributed by atoms with Crippen LogP contribution in [0.25, 0.3) is 0 Å². The summed E-state index contributed by atoms with van der Waals surface area (Å²) in [6.45, 7) is 1.81. The lowest BCUT2D eigenvalue weighted by Crippen LogP contribution is -2.15. The molecule has 0 unspecified atom stereocenters. The Morgan fingerprint density at radius 3 is 2.31 bits per heavy atom. The lowest BCUT2D eigenvalue weighted by Gasteiger charge is -2.08. The number of sulfonamides is 1. The van der Waals surface area contributed by atoms with Gasteiger partial charge in [0.1, 0.15) is 10.7 Å². The van der Waals surface area contributed by atoms with E-state index in [1.165, 1.54) is 18.2 Å². The topological polar surface area (TPSA) is 109 Å². The highest BCUT2D eigenvalue weighted by atomic mass is 79.9. The molecule has 0 aliphatic rings. The van der Waals surface area contributed by atoms with Crippen LogP contribution in [0.3, 0.4) is 0 Å². The highest BCUT2D eigenvalue weighted by Crippen LogP contribution is 2.28. The van der Waals surface area contributed by atoms with Crippen molar-refractivity contribution in [3.8, 4) is 6.07 Å². The largest absolute Gasteiger partial charge is 0.277 e. The van der Waals surface area contributed by atoms with Crippen LogP contribution >= 0.6 is 15.9 Å². The fraction of sp³-hybridized carbons (Fsp3) is 0.0556. The van der Waals surface area contributed by atoms with Crippen molar-refractivity contribution < 1.29 is 21.2 Å². The molecule has 3 aromatic rings. The third-order valence-electron chi connectivity index (χ3n) is 3.95. The van der Waals surface area contributed by atoms with Crippen molar-refractivity contribution in [1.82, 2.24) is 3.97 Å². The molecule has 0 saturated carbocycles. The van der Waals surface area contributed by atoms with E-state index < -0.39 is 30.8 Å². The Hall–Kier alpha value is -2.68. The van der Waals surface area contributed by atoms with Crippen LogP contribution in [0.4, 0.5) is 10.1 Å². The second-order valence-electron chi connectivity index (χ2n) is 6.03. The third kappa shape index (κ3) is 4.19. The zero-order valence-corrected chi connectivity index (χ0v) is 18.0. The van der Waals surface area contributed by atoms with Crippen molar-refractivity contribution in [2.75, 3.05) is 4.72 Å². The van der Waals surface area contributed by atoms with E-state index in [9.17, 15) is 21.2 Å². The number of hydrogen-bond acceptors (Lipinski definition) is 5. The number of halogens is 2. The molecule has 7 nitrogen and oxygen atoms in total. The molecule has 11 heteroatoms. The van der Waals surface area contributed by atoms with Gasteiger partial charge in [-0.1, -0.05) is 17.7 Å². The van der Waals surface area contributed by atoms with Gasteiger partial charge >= 0.3 is 0 Å². The molecule has 0 saturated heterocycles. The van der Waals surface area contributed by atoms with Crippen LogP contribution in [0.15, 0.2) is 69.1 Å². The smallest absolute Gasteiger partial charge is 0.267 e. The minimum atomic E-state index is -4.32. The molecule has 1 aromatic heterocycles. The number of nitrogens with one attached hydrogen (secondary N) is 1. The monoisotopic (exact) mass is 497 g/mol. The second kappa shape index (κ2) is 7.62. The lowest BCUT2D eigenvalue weighted by atomic mass is 10.2. The lowest BCUT2D eigenvalue weighted by molar-refractivity contribution is 0.587. The molecule has 0 aliphatic heterocycles. The van der Waals surface area contributed by atoms with Crippen LogP contribution in [-0.2, 0) is 20.0 Å². The van der Waals surface area contributed by atoms with E-state index >= 15 is 0 Å². The van der Waals surface area contributed by atoms with Gasteiger partial charge in [0, 0.05) is 12.4 Å². The van der Waals surface area contributed by atoms with Crippen molar-refractivity contribution in [1.29, 1.82) is 5.26 Å². The molecule has 3 rings (SSSR count). The molecule has 150 valence electrons. The van der Waals surface area contributed by atoms with Crippen LogP contribution in [0.1, 0.15) is 11.1 Å². The van der Waals surface area contributed by atoms with Crippen molar-refractivity contribution in [3.63, 3.8) is 0 Å². The number of aromatic nitrogens is 1. The van der Waals surface area contributed by atoms with Gasteiger partial charge in [-0.3, -0.25) is 4.72 Å². The number of anilines is 1. The van der Waals surface area contributed by atoms with E-state index in [-0.39, 0.29) is 20.6 Å². The van der Waals surface area contributed by atoms with E-state index in [0.29, 0.717) is 0 Å². The molecule has 1 N–H and O–H groups in total. The number of hydrogen-bond donors (Lipinski definition) is 1. The van der Waals surface area contributed by atoms with Crippen LogP contribution in [0.5, 0.6) is 0 Å². The molecule has 0 bridgehead atoms.